The second-order valence-corrected chi connectivity index (χ2v) is 6.84. The maximum absolute atomic E-state index is 12.1. The number of hydrogen-bond acceptors (Lipinski definition) is 3. The van der Waals surface area contributed by atoms with Crippen LogP contribution in [0, 0.1) is 11.8 Å². The van der Waals surface area contributed by atoms with E-state index in [1.807, 2.05) is 20.8 Å². The molecule has 1 amide bonds. The molecule has 1 heterocycles. The van der Waals surface area contributed by atoms with E-state index in [0.29, 0.717) is 11.8 Å². The van der Waals surface area contributed by atoms with Crippen molar-refractivity contribution in [2.45, 2.75) is 57.3 Å². The second-order valence-electron chi connectivity index (χ2n) is 6.84. The zero-order valence-corrected chi connectivity index (χ0v) is 10.8. The lowest BCUT2D eigenvalue weighted by Gasteiger charge is -2.33. The van der Waals surface area contributed by atoms with Crippen LogP contribution in [0.3, 0.4) is 0 Å². The Morgan fingerprint density at radius 2 is 2.06 bits per heavy atom. The van der Waals surface area contributed by atoms with Gasteiger partial charge in [0.25, 0.3) is 0 Å². The van der Waals surface area contributed by atoms with E-state index >= 15 is 0 Å². The molecule has 2 saturated carbocycles. The monoisotopic (exact) mass is 239 g/mol. The fourth-order valence-electron chi connectivity index (χ4n) is 3.09. The number of fused-ring (bicyclic) bond motifs is 1. The molecule has 0 aromatic rings. The predicted molar refractivity (Wildman–Crippen MR) is 62.5 cm³/mol. The fourth-order valence-corrected chi connectivity index (χ4v) is 3.09. The van der Waals surface area contributed by atoms with Gasteiger partial charge in [-0.3, -0.25) is 0 Å². The molecule has 3 rings (SSSR count). The van der Waals surface area contributed by atoms with Crippen LogP contribution >= 0.6 is 0 Å². The Bertz CT molecular complexity index is 356. The summed E-state index contributed by atoms with van der Waals surface area (Å²) < 4.78 is 5.42. The molecule has 2 aliphatic carbocycles. The Kier molecular flexibility index (Phi) is 2.11. The molecule has 3 aliphatic rings. The lowest BCUT2D eigenvalue weighted by Crippen LogP contribution is -2.48. The summed E-state index contributed by atoms with van der Waals surface area (Å²) in [5.74, 6) is 1.13. The van der Waals surface area contributed by atoms with Crippen molar-refractivity contribution in [1.82, 2.24) is 4.90 Å². The molecule has 3 fully saturated rings. The van der Waals surface area contributed by atoms with E-state index < -0.39 is 11.2 Å². The van der Waals surface area contributed by atoms with Crippen LogP contribution in [-0.4, -0.2) is 39.9 Å². The number of carbonyl (C=O) groups excluding carboxylic acids is 1. The third-order valence-corrected chi connectivity index (χ3v) is 4.09. The van der Waals surface area contributed by atoms with Crippen molar-refractivity contribution in [2.24, 2.45) is 11.8 Å². The Labute approximate surface area is 102 Å². The lowest BCUT2D eigenvalue weighted by atomic mass is 10.0. The molecule has 1 N–H and O–H groups in total. The number of likely N-dealkylation sites (tertiary alicyclic amines) is 1. The summed E-state index contributed by atoms with van der Waals surface area (Å²) in [6, 6.07) is 0.0161. The van der Waals surface area contributed by atoms with E-state index in [0.717, 1.165) is 19.4 Å². The number of aliphatic hydroxyl groups is 1. The second kappa shape index (κ2) is 3.16. The number of carbonyl (C=O) groups is 1. The van der Waals surface area contributed by atoms with E-state index in [2.05, 4.69) is 0 Å². The van der Waals surface area contributed by atoms with Gasteiger partial charge in [0.2, 0.25) is 0 Å². The third-order valence-electron chi connectivity index (χ3n) is 4.09. The van der Waals surface area contributed by atoms with Gasteiger partial charge in [0.15, 0.2) is 0 Å². The fraction of sp³-hybridized carbons (Fsp3) is 0.923. The number of hydrogen-bond donors (Lipinski definition) is 1. The minimum absolute atomic E-state index is 0.0161. The predicted octanol–water partition coefficient (Wildman–Crippen LogP) is 1.77. The van der Waals surface area contributed by atoms with Crippen molar-refractivity contribution in [2.75, 3.05) is 6.54 Å². The van der Waals surface area contributed by atoms with Gasteiger partial charge in [0, 0.05) is 6.54 Å². The van der Waals surface area contributed by atoms with Crippen LogP contribution in [0.2, 0.25) is 0 Å². The molecule has 17 heavy (non-hydrogen) atoms. The van der Waals surface area contributed by atoms with Gasteiger partial charge in [-0.15, -0.1) is 0 Å². The third kappa shape index (κ3) is 1.92. The standard InChI is InChI=1S/C13H21NO3/c1-12(2,3)17-11(15)14-7-8-6-9(8)10(14)13(16)4-5-13/h8-10,16H,4-7H2,1-3H3. The first-order valence-electron chi connectivity index (χ1n) is 6.52. The Balaban J connectivity index is 1.72. The summed E-state index contributed by atoms with van der Waals surface area (Å²) in [5.41, 5.74) is -1.06. The highest BCUT2D eigenvalue weighted by Gasteiger charge is 2.65. The van der Waals surface area contributed by atoms with Crippen molar-refractivity contribution < 1.29 is 14.6 Å². The zero-order chi connectivity index (χ0) is 12.4. The van der Waals surface area contributed by atoms with Crippen LogP contribution in [0.1, 0.15) is 40.0 Å². The number of amides is 1. The van der Waals surface area contributed by atoms with Crippen molar-refractivity contribution in [1.29, 1.82) is 0 Å². The summed E-state index contributed by atoms with van der Waals surface area (Å²) >= 11 is 0. The van der Waals surface area contributed by atoms with Crippen LogP contribution in [0.5, 0.6) is 0 Å². The first-order chi connectivity index (χ1) is 7.80. The summed E-state index contributed by atoms with van der Waals surface area (Å²) in [4.78, 5) is 13.9. The maximum atomic E-state index is 12.1. The van der Waals surface area contributed by atoms with Crippen molar-refractivity contribution >= 4 is 6.09 Å². The number of rotatable bonds is 1. The summed E-state index contributed by atoms with van der Waals surface area (Å²) in [6.07, 6.45) is 2.59. The topological polar surface area (TPSA) is 49.8 Å². The molecule has 0 spiro atoms. The molecule has 1 saturated heterocycles. The number of nitrogens with zero attached hydrogens (tertiary/aromatic N) is 1. The SMILES string of the molecule is CC(C)(C)OC(=O)N1CC2CC2C1C1(O)CC1. The Morgan fingerprint density at radius 1 is 1.41 bits per heavy atom. The first kappa shape index (κ1) is 11.3. The molecular weight excluding hydrogens is 218 g/mol. The van der Waals surface area contributed by atoms with Gasteiger partial charge in [0.1, 0.15) is 5.60 Å². The molecule has 96 valence electrons. The first-order valence-corrected chi connectivity index (χ1v) is 6.52. The molecule has 3 atom stereocenters. The lowest BCUT2D eigenvalue weighted by molar-refractivity contribution is -0.00798. The zero-order valence-electron chi connectivity index (χ0n) is 10.8. The highest BCUT2D eigenvalue weighted by atomic mass is 16.6. The minimum Gasteiger partial charge on any atom is -0.444 e. The molecule has 0 aromatic heterocycles. The molecule has 0 bridgehead atoms. The quantitative estimate of drug-likeness (QED) is 0.758. The Hall–Kier alpha value is -0.770. The van der Waals surface area contributed by atoms with Gasteiger partial charge in [0.05, 0.1) is 11.6 Å². The molecule has 0 radical (unpaired) electrons. The summed E-state index contributed by atoms with van der Waals surface area (Å²) in [7, 11) is 0. The molecule has 0 aromatic carbocycles. The van der Waals surface area contributed by atoms with E-state index in [-0.39, 0.29) is 12.1 Å². The largest absolute Gasteiger partial charge is 0.444 e. The van der Waals surface area contributed by atoms with Crippen molar-refractivity contribution in [3.05, 3.63) is 0 Å². The molecule has 4 heteroatoms. The normalized spacial score (nSPS) is 37.6. The van der Waals surface area contributed by atoms with Crippen LogP contribution in [0.4, 0.5) is 4.79 Å². The van der Waals surface area contributed by atoms with Crippen molar-refractivity contribution in [3.8, 4) is 0 Å². The number of ether oxygens (including phenoxy) is 1. The minimum atomic E-state index is -0.604. The van der Waals surface area contributed by atoms with Gasteiger partial charge in [-0.1, -0.05) is 0 Å². The van der Waals surface area contributed by atoms with Crippen LogP contribution < -0.4 is 0 Å². The molecule has 1 aliphatic heterocycles. The van der Waals surface area contributed by atoms with E-state index in [9.17, 15) is 9.90 Å². The maximum Gasteiger partial charge on any atom is 0.410 e. The van der Waals surface area contributed by atoms with Crippen LogP contribution in [-0.2, 0) is 4.74 Å². The van der Waals surface area contributed by atoms with E-state index in [1.54, 1.807) is 4.90 Å². The summed E-state index contributed by atoms with van der Waals surface area (Å²) in [5, 5.41) is 10.3. The highest BCUT2D eigenvalue weighted by Crippen LogP contribution is 2.58. The smallest absolute Gasteiger partial charge is 0.410 e. The van der Waals surface area contributed by atoms with E-state index in [1.165, 1.54) is 6.42 Å². The van der Waals surface area contributed by atoms with E-state index in [4.69, 9.17) is 4.74 Å². The molecule has 4 nitrogen and oxygen atoms in total. The highest BCUT2D eigenvalue weighted by molar-refractivity contribution is 5.70. The Morgan fingerprint density at radius 3 is 2.59 bits per heavy atom. The van der Waals surface area contributed by atoms with Gasteiger partial charge in [-0.05, 0) is 51.9 Å². The van der Waals surface area contributed by atoms with Crippen LogP contribution in [0.25, 0.3) is 0 Å². The van der Waals surface area contributed by atoms with Crippen LogP contribution in [0.15, 0.2) is 0 Å². The van der Waals surface area contributed by atoms with Gasteiger partial charge in [-0.2, -0.15) is 0 Å². The number of piperidine rings is 1. The average Bonchev–Trinajstić information content (AvgIpc) is 3.06. The molecular formula is C13H21NO3. The van der Waals surface area contributed by atoms with Crippen molar-refractivity contribution in [3.63, 3.8) is 0 Å². The average molecular weight is 239 g/mol. The van der Waals surface area contributed by atoms with Gasteiger partial charge in [-0.25, -0.2) is 4.79 Å². The molecule has 3 unspecified atom stereocenters. The van der Waals surface area contributed by atoms with Gasteiger partial charge < -0.3 is 14.7 Å². The van der Waals surface area contributed by atoms with Gasteiger partial charge >= 0.3 is 6.09 Å². The summed E-state index contributed by atoms with van der Waals surface area (Å²) in [6.45, 7) is 6.40.